The van der Waals surface area contributed by atoms with Crippen LogP contribution in [0.25, 0.3) is 10.8 Å². The fourth-order valence-electron chi connectivity index (χ4n) is 4.84. The number of sulfonamides is 1. The first kappa shape index (κ1) is 26.5. The van der Waals surface area contributed by atoms with Gasteiger partial charge in [0.1, 0.15) is 11.3 Å². The van der Waals surface area contributed by atoms with Crippen LogP contribution >= 0.6 is 11.6 Å². The molecular formula is C27H31ClN4O5S. The van der Waals surface area contributed by atoms with Gasteiger partial charge in [0, 0.05) is 49.9 Å². The second-order valence-corrected chi connectivity index (χ2v) is 13.1. The number of halogens is 1. The zero-order valence-electron chi connectivity index (χ0n) is 21.7. The van der Waals surface area contributed by atoms with E-state index in [0.29, 0.717) is 30.2 Å². The largest absolute Gasteiger partial charge is 0.444 e. The number of nitrogens with zero attached hydrogens (tertiary/aromatic N) is 3. The Kier molecular flexibility index (Phi) is 6.91. The highest BCUT2D eigenvalue weighted by Crippen LogP contribution is 2.26. The quantitative estimate of drug-likeness (QED) is 0.517. The fraction of sp³-hybridized carbons (Fsp3) is 0.407. The van der Waals surface area contributed by atoms with Crippen molar-refractivity contribution in [3.63, 3.8) is 0 Å². The lowest BCUT2D eigenvalue weighted by molar-refractivity contribution is 0.0223. The number of fused-ring (bicyclic) bond motifs is 2. The highest BCUT2D eigenvalue weighted by atomic mass is 35.5. The van der Waals surface area contributed by atoms with Gasteiger partial charge in [-0.2, -0.15) is 4.31 Å². The third-order valence-electron chi connectivity index (χ3n) is 6.80. The number of nitrogens with one attached hydrogen (secondary N) is 1. The van der Waals surface area contributed by atoms with Crippen molar-refractivity contribution in [3.05, 3.63) is 64.4 Å². The monoisotopic (exact) mass is 558 g/mol. The van der Waals surface area contributed by atoms with E-state index in [0.717, 1.165) is 22.0 Å². The minimum atomic E-state index is -3.70. The third-order valence-corrected chi connectivity index (χ3v) is 8.93. The van der Waals surface area contributed by atoms with Crippen molar-refractivity contribution in [1.82, 2.24) is 19.1 Å². The van der Waals surface area contributed by atoms with E-state index in [1.54, 1.807) is 52.3 Å². The molecule has 2 aliphatic heterocycles. The maximum absolute atomic E-state index is 13.3. The summed E-state index contributed by atoms with van der Waals surface area (Å²) in [6.45, 7) is 7.36. The number of aromatic nitrogens is 1. The second kappa shape index (κ2) is 9.91. The lowest BCUT2D eigenvalue weighted by atomic mass is 10.1. The van der Waals surface area contributed by atoms with Gasteiger partial charge in [0.15, 0.2) is 0 Å². The van der Waals surface area contributed by atoms with Crippen LogP contribution in [-0.2, 0) is 27.7 Å². The summed E-state index contributed by atoms with van der Waals surface area (Å²) < 4.78 is 33.5. The Morgan fingerprint density at radius 2 is 1.61 bits per heavy atom. The van der Waals surface area contributed by atoms with Crippen molar-refractivity contribution >= 4 is 44.4 Å². The molecule has 2 aromatic carbocycles. The predicted octanol–water partition coefficient (Wildman–Crippen LogP) is 4.26. The normalized spacial score (nSPS) is 16.9. The second-order valence-electron chi connectivity index (χ2n) is 10.7. The molecule has 202 valence electrons. The van der Waals surface area contributed by atoms with E-state index in [9.17, 15) is 18.0 Å². The Labute approximate surface area is 227 Å². The van der Waals surface area contributed by atoms with Gasteiger partial charge in [0.05, 0.1) is 11.4 Å². The summed E-state index contributed by atoms with van der Waals surface area (Å²) in [5.74, 6) is -0.178. The smallest absolute Gasteiger partial charge is 0.410 e. The minimum Gasteiger partial charge on any atom is -0.444 e. The maximum Gasteiger partial charge on any atom is 0.410 e. The summed E-state index contributed by atoms with van der Waals surface area (Å²) in [4.78, 5) is 32.4. The lowest BCUT2D eigenvalue weighted by Gasteiger charge is -2.33. The average Bonchev–Trinajstić information content (AvgIpc) is 3.30. The van der Waals surface area contributed by atoms with Crippen LogP contribution < -0.4 is 0 Å². The SMILES string of the molecule is CC(C)(C)OC(=O)N1CCc2[nH]c(C(=O)N3CCN(S(=O)(=O)c4ccc5cc(Cl)ccc5c4)CC3)cc2C1. The van der Waals surface area contributed by atoms with E-state index < -0.39 is 15.6 Å². The topological polar surface area (TPSA) is 103 Å². The van der Waals surface area contributed by atoms with Gasteiger partial charge < -0.3 is 19.5 Å². The van der Waals surface area contributed by atoms with E-state index >= 15 is 0 Å². The number of rotatable bonds is 3. The minimum absolute atomic E-state index is 0.178. The highest BCUT2D eigenvalue weighted by Gasteiger charge is 2.32. The highest BCUT2D eigenvalue weighted by molar-refractivity contribution is 7.89. The van der Waals surface area contributed by atoms with Crippen LogP contribution in [0.1, 0.15) is 42.5 Å². The van der Waals surface area contributed by atoms with Crippen molar-refractivity contribution in [2.45, 2.75) is 44.2 Å². The van der Waals surface area contributed by atoms with Crippen LogP contribution in [0, 0.1) is 0 Å². The molecule has 0 saturated carbocycles. The van der Waals surface area contributed by atoms with E-state index in [1.165, 1.54) is 4.31 Å². The van der Waals surface area contributed by atoms with Gasteiger partial charge in [-0.3, -0.25) is 4.79 Å². The molecule has 38 heavy (non-hydrogen) atoms. The Morgan fingerprint density at radius 3 is 2.32 bits per heavy atom. The summed E-state index contributed by atoms with van der Waals surface area (Å²) in [6.07, 6.45) is 0.232. The predicted molar refractivity (Wildman–Crippen MR) is 145 cm³/mol. The molecule has 0 bridgehead atoms. The molecule has 0 radical (unpaired) electrons. The standard InChI is InChI=1S/C27H31ClN4O5S/c1-27(2,3)37-26(34)31-9-8-23-20(17-31)16-24(29-23)25(33)30-10-12-32(13-11-30)38(35,36)22-7-5-18-14-21(28)6-4-19(18)15-22/h4-7,14-16,29H,8-13,17H2,1-3H3. The summed E-state index contributed by atoms with van der Waals surface area (Å²) in [7, 11) is -3.70. The summed E-state index contributed by atoms with van der Waals surface area (Å²) in [6, 6.07) is 12.1. The number of carbonyl (C=O) groups is 2. The molecule has 1 aromatic heterocycles. The Morgan fingerprint density at radius 1 is 0.921 bits per heavy atom. The molecule has 2 amide bonds. The van der Waals surface area contributed by atoms with Gasteiger partial charge in [0.2, 0.25) is 10.0 Å². The number of amides is 2. The van der Waals surface area contributed by atoms with Crippen molar-refractivity contribution in [1.29, 1.82) is 0 Å². The number of hydrogen-bond donors (Lipinski definition) is 1. The van der Waals surface area contributed by atoms with E-state index in [2.05, 4.69) is 4.98 Å². The summed E-state index contributed by atoms with van der Waals surface area (Å²) in [5, 5.41) is 2.26. The average molecular weight is 559 g/mol. The first-order valence-electron chi connectivity index (χ1n) is 12.6. The molecule has 5 rings (SSSR count). The number of hydrogen-bond acceptors (Lipinski definition) is 5. The Hall–Kier alpha value is -3.08. The Bertz CT molecular complexity index is 1500. The molecule has 3 aromatic rings. The molecule has 1 fully saturated rings. The molecule has 1 N–H and O–H groups in total. The number of H-pyrrole nitrogens is 1. The molecule has 2 aliphatic rings. The van der Waals surface area contributed by atoms with E-state index in [1.807, 2.05) is 20.8 Å². The third kappa shape index (κ3) is 5.39. The number of piperazine rings is 1. The lowest BCUT2D eigenvalue weighted by Crippen LogP contribution is -2.50. The number of benzene rings is 2. The van der Waals surface area contributed by atoms with Gasteiger partial charge in [-0.1, -0.05) is 23.7 Å². The first-order valence-corrected chi connectivity index (χ1v) is 14.4. The van der Waals surface area contributed by atoms with Crippen LogP contribution in [0.3, 0.4) is 0 Å². The summed E-state index contributed by atoms with van der Waals surface area (Å²) in [5.41, 5.74) is 1.70. The zero-order valence-corrected chi connectivity index (χ0v) is 23.2. The fourth-order valence-corrected chi connectivity index (χ4v) is 6.48. The molecule has 0 spiro atoms. The molecular weight excluding hydrogens is 528 g/mol. The Balaban J connectivity index is 1.23. The number of carbonyl (C=O) groups excluding carboxylic acids is 2. The van der Waals surface area contributed by atoms with Gasteiger partial charge in [-0.25, -0.2) is 13.2 Å². The van der Waals surface area contributed by atoms with Crippen LogP contribution in [-0.4, -0.2) is 77.8 Å². The molecule has 1 saturated heterocycles. The molecule has 0 aliphatic carbocycles. The molecule has 11 heteroatoms. The van der Waals surface area contributed by atoms with Crippen LogP contribution in [0.4, 0.5) is 4.79 Å². The van der Waals surface area contributed by atoms with Gasteiger partial charge in [0.25, 0.3) is 5.91 Å². The van der Waals surface area contributed by atoms with Crippen molar-refractivity contribution in [2.24, 2.45) is 0 Å². The van der Waals surface area contributed by atoms with Crippen LogP contribution in [0.5, 0.6) is 0 Å². The van der Waals surface area contributed by atoms with Gasteiger partial charge >= 0.3 is 6.09 Å². The van der Waals surface area contributed by atoms with Crippen molar-refractivity contribution < 1.29 is 22.7 Å². The zero-order chi connectivity index (χ0) is 27.2. The first-order chi connectivity index (χ1) is 17.9. The molecule has 0 unspecified atom stereocenters. The van der Waals surface area contributed by atoms with E-state index in [-0.39, 0.29) is 43.1 Å². The number of aromatic amines is 1. The van der Waals surface area contributed by atoms with Crippen molar-refractivity contribution in [2.75, 3.05) is 32.7 Å². The van der Waals surface area contributed by atoms with E-state index in [4.69, 9.17) is 16.3 Å². The van der Waals surface area contributed by atoms with Crippen LogP contribution in [0.2, 0.25) is 5.02 Å². The number of ether oxygens (including phenoxy) is 1. The maximum atomic E-state index is 13.3. The van der Waals surface area contributed by atoms with Crippen LogP contribution in [0.15, 0.2) is 47.4 Å². The van der Waals surface area contributed by atoms with Gasteiger partial charge in [-0.05, 0) is 67.4 Å². The van der Waals surface area contributed by atoms with Gasteiger partial charge in [-0.15, -0.1) is 0 Å². The molecule has 3 heterocycles. The molecule has 9 nitrogen and oxygen atoms in total. The molecule has 0 atom stereocenters. The van der Waals surface area contributed by atoms with Crippen molar-refractivity contribution in [3.8, 4) is 0 Å². The summed E-state index contributed by atoms with van der Waals surface area (Å²) >= 11 is 6.04.